The van der Waals surface area contributed by atoms with E-state index < -0.39 is 9.84 Å². The first-order chi connectivity index (χ1) is 11.0. The number of hydrogen-bond acceptors (Lipinski definition) is 6. The zero-order valence-electron chi connectivity index (χ0n) is 14.1. The Hall–Kier alpha value is -0.210. The molecule has 3 aliphatic rings. The summed E-state index contributed by atoms with van der Waals surface area (Å²) in [5.41, 5.74) is 0. The van der Waals surface area contributed by atoms with E-state index in [1.165, 1.54) is 19.1 Å². The fourth-order valence-corrected chi connectivity index (χ4v) is 5.41. The quantitative estimate of drug-likeness (QED) is 0.677. The minimum atomic E-state index is -2.86. The molecule has 0 amide bonds. The second-order valence-electron chi connectivity index (χ2n) is 7.34. The average molecular weight is 346 g/mol. The van der Waals surface area contributed by atoms with E-state index in [-0.39, 0.29) is 11.5 Å². The first kappa shape index (κ1) is 17.6. The summed E-state index contributed by atoms with van der Waals surface area (Å²) in [7, 11) is -2.86. The molecule has 7 heteroatoms. The molecule has 134 valence electrons. The van der Waals surface area contributed by atoms with Crippen LogP contribution in [0.25, 0.3) is 0 Å². The molecule has 0 aromatic carbocycles. The van der Waals surface area contributed by atoms with Gasteiger partial charge in [-0.2, -0.15) is 0 Å². The van der Waals surface area contributed by atoms with Gasteiger partial charge >= 0.3 is 0 Å². The van der Waals surface area contributed by atoms with E-state index in [4.69, 9.17) is 4.74 Å². The van der Waals surface area contributed by atoms with Crippen molar-refractivity contribution in [3.8, 4) is 0 Å². The van der Waals surface area contributed by atoms with Crippen LogP contribution in [0, 0.1) is 5.92 Å². The Balaban J connectivity index is 1.43. The lowest BCUT2D eigenvalue weighted by molar-refractivity contribution is 0.0912. The van der Waals surface area contributed by atoms with Crippen LogP contribution in [-0.4, -0.2) is 58.1 Å². The van der Waals surface area contributed by atoms with Crippen molar-refractivity contribution in [3.63, 3.8) is 0 Å². The fraction of sp³-hybridized carbons (Fsp3) is 1.00. The summed E-state index contributed by atoms with van der Waals surface area (Å²) >= 11 is 0. The molecule has 2 heterocycles. The number of rotatable bonds is 5. The van der Waals surface area contributed by atoms with E-state index >= 15 is 0 Å². The number of piperidine rings is 1. The Morgan fingerprint density at radius 1 is 1.13 bits per heavy atom. The van der Waals surface area contributed by atoms with E-state index in [0.29, 0.717) is 18.1 Å². The summed E-state index contributed by atoms with van der Waals surface area (Å²) in [6, 6.07) is 0.527. The smallest absolute Gasteiger partial charge is 0.150 e. The molecular formula is C16H31N3O3S. The van der Waals surface area contributed by atoms with Crippen molar-refractivity contribution >= 4 is 9.84 Å². The molecule has 3 N–H and O–H groups in total. The van der Waals surface area contributed by atoms with E-state index in [0.717, 1.165) is 51.8 Å². The summed E-state index contributed by atoms with van der Waals surface area (Å²) < 4.78 is 29.0. The van der Waals surface area contributed by atoms with Crippen LogP contribution in [0.3, 0.4) is 0 Å². The van der Waals surface area contributed by atoms with Crippen molar-refractivity contribution in [2.24, 2.45) is 5.92 Å². The Kier molecular flexibility index (Phi) is 5.96. The average Bonchev–Trinajstić information content (AvgIpc) is 3.06. The Bertz CT molecular complexity index is 471. The largest absolute Gasteiger partial charge is 0.361 e. The minimum Gasteiger partial charge on any atom is -0.361 e. The molecule has 23 heavy (non-hydrogen) atoms. The van der Waals surface area contributed by atoms with Gasteiger partial charge in [0.1, 0.15) is 16.1 Å². The molecule has 3 atom stereocenters. The Labute approximate surface area is 140 Å². The molecule has 2 aliphatic heterocycles. The van der Waals surface area contributed by atoms with Gasteiger partial charge in [-0.3, -0.25) is 16.0 Å². The molecular weight excluding hydrogens is 314 g/mol. The molecule has 0 radical (unpaired) electrons. The topological polar surface area (TPSA) is 79.5 Å². The van der Waals surface area contributed by atoms with Crippen LogP contribution >= 0.6 is 0 Å². The van der Waals surface area contributed by atoms with Crippen molar-refractivity contribution in [3.05, 3.63) is 0 Å². The van der Waals surface area contributed by atoms with Crippen LogP contribution in [0.5, 0.6) is 0 Å². The number of sulfone groups is 1. The van der Waals surface area contributed by atoms with Crippen molar-refractivity contribution in [1.82, 2.24) is 16.0 Å². The SMILES string of the molecule is CS(=O)(=O)C1CCC(C2CCCC(NCC3NCCO3)N2)CC1. The van der Waals surface area contributed by atoms with Gasteiger partial charge in [0.2, 0.25) is 0 Å². The van der Waals surface area contributed by atoms with Gasteiger partial charge in [-0.25, -0.2) is 8.42 Å². The van der Waals surface area contributed by atoms with Gasteiger partial charge < -0.3 is 4.74 Å². The maximum Gasteiger partial charge on any atom is 0.150 e. The maximum absolute atomic E-state index is 11.7. The number of ether oxygens (including phenoxy) is 1. The zero-order valence-corrected chi connectivity index (χ0v) is 14.9. The lowest BCUT2D eigenvalue weighted by Gasteiger charge is -2.39. The molecule has 0 aromatic heterocycles. The number of hydrogen-bond donors (Lipinski definition) is 3. The van der Waals surface area contributed by atoms with Crippen LogP contribution in [-0.2, 0) is 14.6 Å². The predicted molar refractivity (Wildman–Crippen MR) is 90.9 cm³/mol. The molecule has 3 unspecified atom stereocenters. The van der Waals surface area contributed by atoms with Gasteiger partial charge in [-0.1, -0.05) is 0 Å². The minimum absolute atomic E-state index is 0.109. The fourth-order valence-electron chi connectivity index (χ4n) is 4.28. The monoisotopic (exact) mass is 345 g/mol. The predicted octanol–water partition coefficient (Wildman–Crippen LogP) is 0.594. The second kappa shape index (κ2) is 7.78. The van der Waals surface area contributed by atoms with Gasteiger partial charge in [0.25, 0.3) is 0 Å². The van der Waals surface area contributed by atoms with Gasteiger partial charge in [0, 0.05) is 25.4 Å². The third-order valence-corrected chi connectivity index (χ3v) is 7.34. The van der Waals surface area contributed by atoms with E-state index in [1.807, 2.05) is 0 Å². The van der Waals surface area contributed by atoms with E-state index in [9.17, 15) is 8.42 Å². The lowest BCUT2D eigenvalue weighted by atomic mass is 9.80. The highest BCUT2D eigenvalue weighted by Gasteiger charge is 2.34. The standard InChI is InChI=1S/C16H31N3O3S/c1-23(20,21)13-7-5-12(6-8-13)14-3-2-4-15(19-14)18-11-16-17-9-10-22-16/h12-19H,2-11H2,1H3. The lowest BCUT2D eigenvalue weighted by Crippen LogP contribution is -2.55. The molecule has 6 nitrogen and oxygen atoms in total. The van der Waals surface area contributed by atoms with Gasteiger partial charge in [0.05, 0.1) is 18.0 Å². The van der Waals surface area contributed by atoms with Crippen molar-refractivity contribution < 1.29 is 13.2 Å². The Morgan fingerprint density at radius 2 is 1.91 bits per heavy atom. The summed E-state index contributed by atoms with van der Waals surface area (Å²) in [4.78, 5) is 0. The van der Waals surface area contributed by atoms with E-state index in [1.54, 1.807) is 0 Å². The summed E-state index contributed by atoms with van der Waals surface area (Å²) in [5.74, 6) is 0.624. The molecule has 0 spiro atoms. The molecule has 0 aromatic rings. The molecule has 1 aliphatic carbocycles. The van der Waals surface area contributed by atoms with Crippen LogP contribution in [0.15, 0.2) is 0 Å². The third kappa shape index (κ3) is 4.89. The highest BCUT2D eigenvalue weighted by atomic mass is 32.2. The molecule has 3 rings (SSSR count). The second-order valence-corrected chi connectivity index (χ2v) is 9.67. The highest BCUT2D eigenvalue weighted by molar-refractivity contribution is 7.91. The van der Waals surface area contributed by atoms with Crippen molar-refractivity contribution in [2.75, 3.05) is 26.0 Å². The van der Waals surface area contributed by atoms with Gasteiger partial charge in [0.15, 0.2) is 0 Å². The van der Waals surface area contributed by atoms with Crippen LogP contribution in [0.1, 0.15) is 44.9 Å². The van der Waals surface area contributed by atoms with Gasteiger partial charge in [-0.15, -0.1) is 0 Å². The van der Waals surface area contributed by atoms with Crippen LogP contribution < -0.4 is 16.0 Å². The summed E-state index contributed by atoms with van der Waals surface area (Å²) in [6.07, 6.45) is 9.22. The first-order valence-corrected chi connectivity index (χ1v) is 11.0. The first-order valence-electron chi connectivity index (χ1n) is 9.05. The van der Waals surface area contributed by atoms with Gasteiger partial charge in [-0.05, 0) is 50.9 Å². The summed E-state index contributed by atoms with van der Waals surface area (Å²) in [6.45, 7) is 2.58. The molecule has 3 fully saturated rings. The normalized spacial score (nSPS) is 39.4. The molecule has 0 bridgehead atoms. The van der Waals surface area contributed by atoms with Crippen molar-refractivity contribution in [1.29, 1.82) is 0 Å². The number of nitrogens with one attached hydrogen (secondary N) is 3. The molecule has 1 saturated carbocycles. The Morgan fingerprint density at radius 3 is 2.57 bits per heavy atom. The van der Waals surface area contributed by atoms with E-state index in [2.05, 4.69) is 16.0 Å². The van der Waals surface area contributed by atoms with Crippen LogP contribution in [0.4, 0.5) is 0 Å². The van der Waals surface area contributed by atoms with Crippen LogP contribution in [0.2, 0.25) is 0 Å². The maximum atomic E-state index is 11.7. The highest BCUT2D eigenvalue weighted by Crippen LogP contribution is 2.33. The zero-order chi connectivity index (χ0) is 16.3. The molecule has 2 saturated heterocycles. The third-order valence-electron chi connectivity index (χ3n) is 5.66. The van der Waals surface area contributed by atoms with Crippen molar-refractivity contribution in [2.45, 2.75) is 68.6 Å². The summed E-state index contributed by atoms with van der Waals surface area (Å²) in [5, 5.41) is 10.5.